The maximum Gasteiger partial charge on any atom is 0.194 e. The van der Waals surface area contributed by atoms with Crippen LogP contribution in [0.15, 0.2) is 80.2 Å². The Labute approximate surface area is 235 Å². The van der Waals surface area contributed by atoms with Crippen molar-refractivity contribution in [3.05, 3.63) is 116 Å². The summed E-state index contributed by atoms with van der Waals surface area (Å²) in [7, 11) is 0. The zero-order valence-electron chi connectivity index (χ0n) is 22.7. The van der Waals surface area contributed by atoms with Gasteiger partial charge >= 0.3 is 0 Å². The molecule has 0 unspecified atom stereocenters. The predicted octanol–water partition coefficient (Wildman–Crippen LogP) is 9.28. The van der Waals surface area contributed by atoms with Crippen LogP contribution in [0.25, 0.3) is 0 Å². The molecular weight excluding hydrogens is 501 g/mol. The van der Waals surface area contributed by atoms with Gasteiger partial charge in [-0.05, 0) is 82.3 Å². The van der Waals surface area contributed by atoms with Crippen LogP contribution in [0.2, 0.25) is 0 Å². The fourth-order valence-corrected chi connectivity index (χ4v) is 8.70. The summed E-state index contributed by atoms with van der Waals surface area (Å²) in [6, 6.07) is 22.1. The third-order valence-electron chi connectivity index (χ3n) is 8.16. The van der Waals surface area contributed by atoms with E-state index in [1.165, 1.54) is 64.1 Å². The van der Waals surface area contributed by atoms with Crippen LogP contribution in [0.4, 0.5) is 0 Å². The largest absolute Gasteiger partial charge is 0.289 e. The highest BCUT2D eigenvalue weighted by Crippen LogP contribution is 2.47. The van der Waals surface area contributed by atoms with Crippen molar-refractivity contribution in [1.82, 2.24) is 0 Å². The van der Waals surface area contributed by atoms with E-state index in [0.29, 0.717) is 0 Å². The fraction of sp³-hybridized carbons (Fsp3) is 0.286. The normalized spacial score (nSPS) is 13.4. The van der Waals surface area contributed by atoms with Gasteiger partial charge in [-0.25, -0.2) is 0 Å². The Kier molecular flexibility index (Phi) is 7.01. The zero-order chi connectivity index (χ0) is 26.4. The summed E-state index contributed by atoms with van der Waals surface area (Å²) in [5.41, 5.74) is 12.2. The molecule has 0 fully saturated rings. The molecule has 0 saturated carbocycles. The number of benzene rings is 4. The molecule has 2 aliphatic heterocycles. The minimum absolute atomic E-state index is 0.233. The van der Waals surface area contributed by atoms with Crippen molar-refractivity contribution in [3.8, 4) is 0 Å². The molecule has 4 aromatic carbocycles. The highest BCUT2D eigenvalue weighted by atomic mass is 32.2. The van der Waals surface area contributed by atoms with Gasteiger partial charge in [0, 0.05) is 43.6 Å². The first kappa shape index (κ1) is 25.5. The third kappa shape index (κ3) is 4.15. The lowest BCUT2D eigenvalue weighted by Gasteiger charge is -2.29. The smallest absolute Gasteiger partial charge is 0.194 e. The van der Waals surface area contributed by atoms with Crippen LogP contribution in [0.1, 0.15) is 88.1 Å². The lowest BCUT2D eigenvalue weighted by molar-refractivity contribution is 0.103. The second-order valence-corrected chi connectivity index (χ2v) is 12.4. The number of ketones is 1. The van der Waals surface area contributed by atoms with Gasteiger partial charge in [0.25, 0.3) is 0 Å². The lowest BCUT2D eigenvalue weighted by Crippen LogP contribution is -2.19. The Balaban J connectivity index is 1.59. The molecule has 0 bridgehead atoms. The number of aryl methyl sites for hydroxylation is 4. The molecule has 0 amide bonds. The van der Waals surface area contributed by atoms with Crippen molar-refractivity contribution < 1.29 is 4.79 Å². The topological polar surface area (TPSA) is 17.1 Å². The summed E-state index contributed by atoms with van der Waals surface area (Å²) in [6.07, 6.45) is 5.34. The van der Waals surface area contributed by atoms with Crippen LogP contribution < -0.4 is 0 Å². The number of carbonyl (C=O) groups excluding carboxylic acids is 1. The molecule has 6 rings (SSSR count). The monoisotopic (exact) mass is 534 g/mol. The second-order valence-electron chi connectivity index (χ2n) is 10.3. The maximum absolute atomic E-state index is 15.0. The first-order valence-electron chi connectivity index (χ1n) is 14.0. The number of hydrogen-bond donors (Lipinski definition) is 0. The van der Waals surface area contributed by atoms with Gasteiger partial charge < -0.3 is 0 Å². The van der Waals surface area contributed by atoms with Gasteiger partial charge in [0.2, 0.25) is 0 Å². The number of carbonyl (C=O) groups is 1. The molecule has 1 nitrogen and oxygen atoms in total. The van der Waals surface area contributed by atoms with Gasteiger partial charge in [0.05, 0.1) is 0 Å². The standard InChI is InChI=1S/C35H34OS2/c1-5-21-17-23(7-3)34-27(19-25-13-9-11-15-29(25)37-34)31(21)33(36)32-22(6-2)18-24(8-4)35-28(32)20-26-14-10-12-16-30(26)38-35/h9-18H,5-8,19-20H2,1-4H3. The Morgan fingerprint density at radius 1 is 0.605 bits per heavy atom. The molecule has 0 aliphatic carbocycles. The molecule has 0 N–H and O–H groups in total. The highest BCUT2D eigenvalue weighted by molar-refractivity contribution is 7.99. The summed E-state index contributed by atoms with van der Waals surface area (Å²) >= 11 is 3.72. The first-order valence-corrected chi connectivity index (χ1v) is 15.6. The van der Waals surface area contributed by atoms with E-state index in [4.69, 9.17) is 0 Å². The molecule has 0 spiro atoms. The summed E-state index contributed by atoms with van der Waals surface area (Å²) in [6.45, 7) is 8.87. The van der Waals surface area contributed by atoms with Crippen molar-refractivity contribution in [2.24, 2.45) is 0 Å². The van der Waals surface area contributed by atoms with Crippen molar-refractivity contribution in [2.45, 2.75) is 85.8 Å². The number of rotatable bonds is 6. The first-order chi connectivity index (χ1) is 18.6. The Morgan fingerprint density at radius 3 is 1.39 bits per heavy atom. The van der Waals surface area contributed by atoms with E-state index < -0.39 is 0 Å². The minimum Gasteiger partial charge on any atom is -0.289 e. The van der Waals surface area contributed by atoms with Crippen molar-refractivity contribution in [1.29, 1.82) is 0 Å². The van der Waals surface area contributed by atoms with E-state index in [-0.39, 0.29) is 5.78 Å². The maximum atomic E-state index is 15.0. The van der Waals surface area contributed by atoms with Gasteiger partial charge in [0.15, 0.2) is 5.78 Å². The van der Waals surface area contributed by atoms with Crippen LogP contribution in [0.3, 0.4) is 0 Å². The molecule has 0 aromatic heterocycles. The molecule has 192 valence electrons. The number of fused-ring (bicyclic) bond motifs is 4. The highest BCUT2D eigenvalue weighted by Gasteiger charge is 2.32. The molecule has 0 saturated heterocycles. The quantitative estimate of drug-likeness (QED) is 0.198. The van der Waals surface area contributed by atoms with Crippen molar-refractivity contribution in [2.75, 3.05) is 0 Å². The summed E-state index contributed by atoms with van der Waals surface area (Å²) in [5, 5.41) is 0. The van der Waals surface area contributed by atoms with Crippen LogP contribution in [0.5, 0.6) is 0 Å². The molecule has 4 aromatic rings. The molecular formula is C35H34OS2. The minimum atomic E-state index is 0.233. The molecule has 2 aliphatic rings. The lowest BCUT2D eigenvalue weighted by atomic mass is 9.82. The van der Waals surface area contributed by atoms with E-state index in [2.05, 4.69) is 88.4 Å². The number of hydrogen-bond acceptors (Lipinski definition) is 3. The van der Waals surface area contributed by atoms with Crippen molar-refractivity contribution in [3.63, 3.8) is 0 Å². The van der Waals surface area contributed by atoms with Gasteiger partial charge in [-0.2, -0.15) is 0 Å². The molecule has 2 heterocycles. The van der Waals surface area contributed by atoms with Crippen LogP contribution in [-0.2, 0) is 38.5 Å². The van der Waals surface area contributed by atoms with Crippen LogP contribution >= 0.6 is 23.5 Å². The Bertz CT molecular complexity index is 1460. The van der Waals surface area contributed by atoms with Gasteiger partial charge in [0.1, 0.15) is 0 Å². The molecule has 0 atom stereocenters. The average Bonchev–Trinajstić information content (AvgIpc) is 2.96. The predicted molar refractivity (Wildman–Crippen MR) is 161 cm³/mol. The molecule has 3 heteroatoms. The van der Waals surface area contributed by atoms with Gasteiger partial charge in [-0.1, -0.05) is 99.7 Å². The van der Waals surface area contributed by atoms with E-state index in [1.54, 1.807) is 0 Å². The van der Waals surface area contributed by atoms with Gasteiger partial charge in [-0.3, -0.25) is 4.79 Å². The van der Waals surface area contributed by atoms with E-state index in [1.807, 2.05) is 23.5 Å². The zero-order valence-corrected chi connectivity index (χ0v) is 24.4. The summed E-state index contributed by atoms with van der Waals surface area (Å²) in [4.78, 5) is 20.2. The Morgan fingerprint density at radius 2 is 1.00 bits per heavy atom. The van der Waals surface area contributed by atoms with Gasteiger partial charge in [-0.15, -0.1) is 0 Å². The average molecular weight is 535 g/mol. The van der Waals surface area contributed by atoms with Crippen LogP contribution in [0, 0.1) is 0 Å². The summed E-state index contributed by atoms with van der Waals surface area (Å²) < 4.78 is 0. The summed E-state index contributed by atoms with van der Waals surface area (Å²) in [5.74, 6) is 0.233. The van der Waals surface area contributed by atoms with E-state index >= 15 is 0 Å². The van der Waals surface area contributed by atoms with Crippen molar-refractivity contribution >= 4 is 29.3 Å². The van der Waals surface area contributed by atoms with E-state index in [0.717, 1.165) is 49.7 Å². The molecule has 38 heavy (non-hydrogen) atoms. The Hall–Kier alpha value is -2.75. The van der Waals surface area contributed by atoms with E-state index in [9.17, 15) is 4.79 Å². The third-order valence-corrected chi connectivity index (χ3v) is 10.8. The molecule has 0 radical (unpaired) electrons. The SMILES string of the molecule is CCc1cc(CC)c(C(=O)c2c(CC)cc(CC)c3c2Cc2ccccc2S3)c2c1Sc1ccccc1C2. The van der Waals surface area contributed by atoms with Crippen LogP contribution in [-0.4, -0.2) is 5.78 Å². The second kappa shape index (κ2) is 10.4. The fourth-order valence-electron chi connectivity index (χ4n) is 6.16.